The summed E-state index contributed by atoms with van der Waals surface area (Å²) in [6.07, 6.45) is 2.82. The van der Waals surface area contributed by atoms with Gasteiger partial charge >= 0.3 is 6.03 Å². The van der Waals surface area contributed by atoms with E-state index in [1.807, 2.05) is 0 Å². The summed E-state index contributed by atoms with van der Waals surface area (Å²) in [4.78, 5) is 43.0. The Bertz CT molecular complexity index is 932. The third-order valence-electron chi connectivity index (χ3n) is 4.50. The number of hydrazone groups is 1. The lowest BCUT2D eigenvalue weighted by Gasteiger charge is -2.30. The van der Waals surface area contributed by atoms with Gasteiger partial charge in [-0.3, -0.25) is 19.4 Å². The topological polar surface area (TPSA) is 116 Å². The van der Waals surface area contributed by atoms with Crippen molar-refractivity contribution in [1.82, 2.24) is 15.2 Å². The molecule has 2 aliphatic rings. The molecule has 1 saturated heterocycles. The van der Waals surface area contributed by atoms with E-state index in [0.717, 1.165) is 4.90 Å². The molecule has 0 bridgehead atoms. The molecule has 152 valence electrons. The molecule has 29 heavy (non-hydrogen) atoms. The number of hydrogen-bond donors (Lipinski definition) is 1. The predicted octanol–water partition coefficient (Wildman–Crippen LogP) is -0.501. The van der Waals surface area contributed by atoms with Crippen LogP contribution in [0.2, 0.25) is 0 Å². The van der Waals surface area contributed by atoms with Gasteiger partial charge in [-0.1, -0.05) is 0 Å². The summed E-state index contributed by atoms with van der Waals surface area (Å²) in [6.45, 7) is -0.155. The van der Waals surface area contributed by atoms with Gasteiger partial charge in [0.15, 0.2) is 6.54 Å². The predicted molar refractivity (Wildman–Crippen MR) is 104 cm³/mol. The number of imide groups is 1. The van der Waals surface area contributed by atoms with Crippen LogP contribution >= 0.6 is 0 Å². The van der Waals surface area contributed by atoms with Gasteiger partial charge in [-0.2, -0.15) is 5.10 Å². The number of amides is 4. The minimum atomic E-state index is -0.819. The van der Waals surface area contributed by atoms with E-state index in [-0.39, 0.29) is 12.4 Å². The van der Waals surface area contributed by atoms with E-state index in [0.29, 0.717) is 17.1 Å². The zero-order valence-electron chi connectivity index (χ0n) is 16.4. The summed E-state index contributed by atoms with van der Waals surface area (Å²) < 4.78 is 11.8. The standard InChI is InChI=1S/C18H20N6O5/c1-22-16-15(17(26)23(2)18(22)27)24(10-19-16)9-14(25)21-20-8-11-5-12(28-3)7-13(6-11)29-4/h5-8,10,15H,9H2,1-4H3/p+1/b20-8+. The number of amidine groups is 1. The number of nitrogens with one attached hydrogen (secondary N) is 1. The molecule has 3 rings (SSSR count). The number of fused-ring (bicyclic) bond motifs is 1. The van der Waals surface area contributed by atoms with Gasteiger partial charge in [0.1, 0.15) is 11.5 Å². The number of likely N-dealkylation sites (N-methyl/N-ethyl adjacent to an activating group) is 2. The van der Waals surface area contributed by atoms with Crippen LogP contribution < -0.4 is 14.9 Å². The summed E-state index contributed by atoms with van der Waals surface area (Å²) in [5, 5.41) is 3.93. The first-order valence-electron chi connectivity index (χ1n) is 8.62. The molecule has 4 amide bonds. The van der Waals surface area contributed by atoms with E-state index >= 15 is 0 Å². The zero-order valence-corrected chi connectivity index (χ0v) is 16.4. The fourth-order valence-electron chi connectivity index (χ4n) is 2.96. The number of aliphatic imine (C=N–C) groups is 1. The summed E-state index contributed by atoms with van der Waals surface area (Å²) in [5.41, 5.74) is 3.08. The van der Waals surface area contributed by atoms with Crippen molar-refractivity contribution >= 4 is 36.2 Å². The van der Waals surface area contributed by atoms with Gasteiger partial charge in [0.2, 0.25) is 0 Å². The number of urea groups is 1. The first-order chi connectivity index (χ1) is 13.8. The summed E-state index contributed by atoms with van der Waals surface area (Å²) in [6, 6.07) is 3.89. The van der Waals surface area contributed by atoms with Crippen molar-refractivity contribution in [2.75, 3.05) is 34.9 Å². The Labute approximate surface area is 166 Å². The fraction of sp³-hybridized carbons (Fsp3) is 0.333. The SMILES string of the molecule is COc1cc(/C=N/NC(=O)C[N+]2=CN=C3C2C(=O)N(C)C(=O)N3C)cc(OC)c1. The highest BCUT2D eigenvalue weighted by molar-refractivity contribution is 6.21. The summed E-state index contributed by atoms with van der Waals surface area (Å²) in [7, 11) is 5.99. The monoisotopic (exact) mass is 401 g/mol. The normalized spacial score (nSPS) is 18.6. The van der Waals surface area contributed by atoms with Gasteiger partial charge in [-0.15, -0.1) is 0 Å². The van der Waals surface area contributed by atoms with Gasteiger partial charge in [-0.05, 0) is 17.1 Å². The molecule has 0 saturated carbocycles. The second kappa shape index (κ2) is 8.09. The molecule has 2 aliphatic heterocycles. The third kappa shape index (κ3) is 3.93. The Kier molecular flexibility index (Phi) is 5.57. The number of ether oxygens (including phenoxy) is 2. The number of benzene rings is 1. The Balaban J connectivity index is 1.63. The van der Waals surface area contributed by atoms with Crippen LogP contribution in [0.3, 0.4) is 0 Å². The van der Waals surface area contributed by atoms with Crippen molar-refractivity contribution in [3.8, 4) is 11.5 Å². The van der Waals surface area contributed by atoms with Crippen molar-refractivity contribution in [2.45, 2.75) is 6.04 Å². The smallest absolute Gasteiger partial charge is 0.333 e. The van der Waals surface area contributed by atoms with E-state index in [2.05, 4.69) is 15.5 Å². The molecule has 1 aromatic carbocycles. The molecule has 11 heteroatoms. The zero-order chi connectivity index (χ0) is 21.1. The largest absolute Gasteiger partial charge is 0.497 e. The Morgan fingerprint density at radius 1 is 1.21 bits per heavy atom. The highest BCUT2D eigenvalue weighted by Gasteiger charge is 2.50. The van der Waals surface area contributed by atoms with E-state index < -0.39 is 23.9 Å². The van der Waals surface area contributed by atoms with Crippen LogP contribution in [0, 0.1) is 0 Å². The molecule has 1 unspecified atom stereocenters. The highest BCUT2D eigenvalue weighted by atomic mass is 16.5. The molecule has 0 aliphatic carbocycles. The van der Waals surface area contributed by atoms with Crippen LogP contribution in [-0.4, -0.2) is 91.5 Å². The first-order valence-corrected chi connectivity index (χ1v) is 8.62. The molecule has 0 aromatic heterocycles. The minimum Gasteiger partial charge on any atom is -0.497 e. The lowest BCUT2D eigenvalue weighted by Crippen LogP contribution is -2.61. The molecule has 0 radical (unpaired) electrons. The molecule has 11 nitrogen and oxygen atoms in total. The quantitative estimate of drug-likeness (QED) is 0.392. The lowest BCUT2D eigenvalue weighted by atomic mass is 10.1. The maximum absolute atomic E-state index is 12.4. The number of methoxy groups -OCH3 is 2. The average Bonchev–Trinajstić information content (AvgIpc) is 3.13. The molecule has 0 spiro atoms. The van der Waals surface area contributed by atoms with E-state index in [9.17, 15) is 14.4 Å². The Hall–Kier alpha value is -3.76. The van der Waals surface area contributed by atoms with Crippen molar-refractivity contribution in [3.63, 3.8) is 0 Å². The van der Waals surface area contributed by atoms with Crippen LogP contribution in [0.5, 0.6) is 11.5 Å². The Morgan fingerprint density at radius 3 is 2.48 bits per heavy atom. The number of carbonyl (C=O) groups excluding carboxylic acids is 3. The summed E-state index contributed by atoms with van der Waals surface area (Å²) in [5.74, 6) is 0.580. The number of hydrogen-bond acceptors (Lipinski definition) is 7. The van der Waals surface area contributed by atoms with Gasteiger partial charge in [0.25, 0.3) is 30.0 Å². The van der Waals surface area contributed by atoms with Crippen molar-refractivity contribution in [3.05, 3.63) is 23.8 Å². The van der Waals surface area contributed by atoms with Crippen LogP contribution in [-0.2, 0) is 9.59 Å². The van der Waals surface area contributed by atoms with Crippen LogP contribution in [0.4, 0.5) is 4.79 Å². The average molecular weight is 401 g/mol. The third-order valence-corrected chi connectivity index (χ3v) is 4.50. The number of nitrogens with zero attached hydrogens (tertiary/aromatic N) is 5. The molecular weight excluding hydrogens is 380 g/mol. The van der Waals surface area contributed by atoms with Crippen molar-refractivity contribution in [2.24, 2.45) is 10.1 Å². The van der Waals surface area contributed by atoms with Gasteiger partial charge in [-0.25, -0.2) is 14.8 Å². The van der Waals surface area contributed by atoms with Gasteiger partial charge < -0.3 is 9.47 Å². The molecule has 1 atom stereocenters. The number of rotatable bonds is 6. The lowest BCUT2D eigenvalue weighted by molar-refractivity contribution is -0.519. The minimum absolute atomic E-state index is 0.155. The maximum atomic E-state index is 12.4. The van der Waals surface area contributed by atoms with Crippen LogP contribution in [0.25, 0.3) is 0 Å². The maximum Gasteiger partial charge on any atom is 0.333 e. The van der Waals surface area contributed by atoms with Gasteiger partial charge in [0.05, 0.1) is 20.4 Å². The second-order valence-corrected chi connectivity index (χ2v) is 6.36. The van der Waals surface area contributed by atoms with E-state index in [1.165, 1.54) is 50.3 Å². The molecule has 1 N–H and O–H groups in total. The first kappa shape index (κ1) is 20.0. The van der Waals surface area contributed by atoms with Gasteiger partial charge in [0, 0.05) is 25.7 Å². The molecule has 2 heterocycles. The second-order valence-electron chi connectivity index (χ2n) is 6.36. The van der Waals surface area contributed by atoms with E-state index in [4.69, 9.17) is 9.47 Å². The molecule has 1 fully saturated rings. The summed E-state index contributed by atoms with van der Waals surface area (Å²) >= 11 is 0. The van der Waals surface area contributed by atoms with Crippen molar-refractivity contribution in [1.29, 1.82) is 0 Å². The molecule has 1 aromatic rings. The van der Waals surface area contributed by atoms with Crippen LogP contribution in [0.15, 0.2) is 28.3 Å². The highest BCUT2D eigenvalue weighted by Crippen LogP contribution is 2.21. The van der Waals surface area contributed by atoms with E-state index in [1.54, 1.807) is 18.2 Å². The van der Waals surface area contributed by atoms with Crippen LogP contribution in [0.1, 0.15) is 5.56 Å². The number of carbonyl (C=O) groups is 3. The fourth-order valence-corrected chi connectivity index (χ4v) is 2.96. The molecular formula is C18H21N6O5+. The Morgan fingerprint density at radius 2 is 1.86 bits per heavy atom. The van der Waals surface area contributed by atoms with Crippen molar-refractivity contribution < 1.29 is 28.4 Å².